The SMILES string of the molecule is CNC1CCC(c2ccccc2)CC1SC. The third-order valence-electron chi connectivity index (χ3n) is 3.74. The lowest BCUT2D eigenvalue weighted by Gasteiger charge is -2.35. The Morgan fingerprint density at radius 1 is 1.19 bits per heavy atom. The zero-order chi connectivity index (χ0) is 11.4. The number of thioether (sulfide) groups is 1. The Hall–Kier alpha value is -0.470. The number of hydrogen-bond acceptors (Lipinski definition) is 2. The molecule has 2 rings (SSSR count). The fourth-order valence-corrected chi connectivity index (χ4v) is 3.77. The van der Waals surface area contributed by atoms with Crippen molar-refractivity contribution < 1.29 is 0 Å². The maximum atomic E-state index is 3.46. The van der Waals surface area contributed by atoms with Crippen molar-refractivity contribution >= 4 is 11.8 Å². The molecule has 88 valence electrons. The second-order valence-electron chi connectivity index (χ2n) is 4.59. The molecule has 1 aliphatic carbocycles. The van der Waals surface area contributed by atoms with E-state index in [0.29, 0.717) is 6.04 Å². The van der Waals surface area contributed by atoms with Crippen LogP contribution in [0.15, 0.2) is 30.3 Å². The molecule has 1 aliphatic rings. The molecular formula is C14H21NS. The van der Waals surface area contributed by atoms with Gasteiger partial charge in [-0.05, 0) is 44.0 Å². The first-order valence-electron chi connectivity index (χ1n) is 6.10. The minimum atomic E-state index is 0.704. The Labute approximate surface area is 103 Å². The highest BCUT2D eigenvalue weighted by molar-refractivity contribution is 7.99. The summed E-state index contributed by atoms with van der Waals surface area (Å²) in [5, 5.41) is 4.22. The molecule has 0 radical (unpaired) electrons. The van der Waals surface area contributed by atoms with E-state index in [1.165, 1.54) is 24.8 Å². The van der Waals surface area contributed by atoms with Crippen LogP contribution in [0.1, 0.15) is 30.7 Å². The molecule has 1 aromatic rings. The minimum absolute atomic E-state index is 0.704. The third-order valence-corrected chi connectivity index (χ3v) is 4.86. The fraction of sp³-hybridized carbons (Fsp3) is 0.571. The van der Waals surface area contributed by atoms with Crippen LogP contribution in [0, 0.1) is 0 Å². The van der Waals surface area contributed by atoms with Gasteiger partial charge in [-0.1, -0.05) is 30.3 Å². The van der Waals surface area contributed by atoms with Crippen molar-refractivity contribution in [2.45, 2.75) is 36.5 Å². The first-order valence-corrected chi connectivity index (χ1v) is 7.39. The smallest absolute Gasteiger partial charge is 0.0204 e. The molecule has 0 spiro atoms. The lowest BCUT2D eigenvalue weighted by atomic mass is 9.81. The molecule has 0 aromatic heterocycles. The van der Waals surface area contributed by atoms with Crippen LogP contribution < -0.4 is 5.32 Å². The predicted octanol–water partition coefficient (Wildman–Crippen LogP) is 3.27. The van der Waals surface area contributed by atoms with Crippen LogP contribution >= 0.6 is 11.8 Å². The second kappa shape index (κ2) is 5.74. The largest absolute Gasteiger partial charge is 0.316 e. The molecule has 3 atom stereocenters. The average molecular weight is 235 g/mol. The van der Waals surface area contributed by atoms with Gasteiger partial charge in [0.05, 0.1) is 0 Å². The molecule has 0 aliphatic heterocycles. The maximum absolute atomic E-state index is 3.46. The van der Waals surface area contributed by atoms with Crippen LogP contribution in [0.5, 0.6) is 0 Å². The molecule has 1 fully saturated rings. The van der Waals surface area contributed by atoms with E-state index in [9.17, 15) is 0 Å². The van der Waals surface area contributed by atoms with Crippen molar-refractivity contribution in [3.8, 4) is 0 Å². The van der Waals surface area contributed by atoms with Gasteiger partial charge in [-0.3, -0.25) is 0 Å². The molecule has 1 nitrogen and oxygen atoms in total. The summed E-state index contributed by atoms with van der Waals surface area (Å²) in [5.41, 5.74) is 1.52. The van der Waals surface area contributed by atoms with Crippen molar-refractivity contribution in [3.05, 3.63) is 35.9 Å². The third kappa shape index (κ3) is 2.61. The van der Waals surface area contributed by atoms with Gasteiger partial charge in [0.15, 0.2) is 0 Å². The van der Waals surface area contributed by atoms with E-state index in [0.717, 1.165) is 11.2 Å². The van der Waals surface area contributed by atoms with Crippen molar-refractivity contribution in [2.75, 3.05) is 13.3 Å². The van der Waals surface area contributed by atoms with E-state index in [2.05, 4.69) is 49.0 Å². The van der Waals surface area contributed by atoms with Crippen molar-refractivity contribution in [1.82, 2.24) is 5.32 Å². The molecule has 16 heavy (non-hydrogen) atoms. The van der Waals surface area contributed by atoms with Gasteiger partial charge in [0.1, 0.15) is 0 Å². The van der Waals surface area contributed by atoms with Gasteiger partial charge in [0.2, 0.25) is 0 Å². The van der Waals surface area contributed by atoms with E-state index in [-0.39, 0.29) is 0 Å². The van der Waals surface area contributed by atoms with Crippen LogP contribution in [-0.4, -0.2) is 24.6 Å². The van der Waals surface area contributed by atoms with E-state index in [1.54, 1.807) is 0 Å². The standard InChI is InChI=1S/C14H21NS/c1-15-13-9-8-12(10-14(13)16-2)11-6-4-3-5-7-11/h3-7,12-15H,8-10H2,1-2H3. The summed E-state index contributed by atoms with van der Waals surface area (Å²) < 4.78 is 0. The molecular weight excluding hydrogens is 214 g/mol. The van der Waals surface area contributed by atoms with Crippen LogP contribution in [0.4, 0.5) is 0 Å². The molecule has 1 N–H and O–H groups in total. The number of nitrogens with one attached hydrogen (secondary N) is 1. The fourth-order valence-electron chi connectivity index (χ4n) is 2.75. The predicted molar refractivity (Wildman–Crippen MR) is 73.2 cm³/mol. The molecule has 1 saturated carbocycles. The zero-order valence-corrected chi connectivity index (χ0v) is 11.0. The number of benzene rings is 1. The highest BCUT2D eigenvalue weighted by atomic mass is 32.2. The highest BCUT2D eigenvalue weighted by Crippen LogP contribution is 2.37. The van der Waals surface area contributed by atoms with Gasteiger partial charge in [0.25, 0.3) is 0 Å². The molecule has 0 heterocycles. The Morgan fingerprint density at radius 3 is 2.56 bits per heavy atom. The lowest BCUT2D eigenvalue weighted by Crippen LogP contribution is -2.40. The Morgan fingerprint density at radius 2 is 1.94 bits per heavy atom. The van der Waals surface area contributed by atoms with Crippen LogP contribution in [-0.2, 0) is 0 Å². The molecule has 0 saturated heterocycles. The van der Waals surface area contributed by atoms with Crippen LogP contribution in [0.25, 0.3) is 0 Å². The lowest BCUT2D eigenvalue weighted by molar-refractivity contribution is 0.369. The van der Waals surface area contributed by atoms with Gasteiger partial charge in [0, 0.05) is 11.3 Å². The Kier molecular flexibility index (Phi) is 4.30. The monoisotopic (exact) mass is 235 g/mol. The number of rotatable bonds is 3. The van der Waals surface area contributed by atoms with Gasteiger partial charge >= 0.3 is 0 Å². The van der Waals surface area contributed by atoms with E-state index in [4.69, 9.17) is 0 Å². The minimum Gasteiger partial charge on any atom is -0.316 e. The first-order chi connectivity index (χ1) is 7.85. The second-order valence-corrected chi connectivity index (χ2v) is 5.67. The summed E-state index contributed by atoms with van der Waals surface area (Å²) in [4.78, 5) is 0. The normalized spacial score (nSPS) is 30.2. The molecule has 0 bridgehead atoms. The van der Waals surface area contributed by atoms with Crippen LogP contribution in [0.2, 0.25) is 0 Å². The molecule has 2 heteroatoms. The summed E-state index contributed by atoms with van der Waals surface area (Å²) in [6.45, 7) is 0. The van der Waals surface area contributed by atoms with Crippen molar-refractivity contribution in [1.29, 1.82) is 0 Å². The van der Waals surface area contributed by atoms with E-state index < -0.39 is 0 Å². The average Bonchev–Trinajstić information content (AvgIpc) is 2.39. The highest BCUT2D eigenvalue weighted by Gasteiger charge is 2.29. The van der Waals surface area contributed by atoms with Crippen LogP contribution in [0.3, 0.4) is 0 Å². The van der Waals surface area contributed by atoms with Gasteiger partial charge in [-0.15, -0.1) is 0 Å². The van der Waals surface area contributed by atoms with Crippen molar-refractivity contribution in [2.24, 2.45) is 0 Å². The summed E-state index contributed by atoms with van der Waals surface area (Å²) in [5.74, 6) is 0.767. The Bertz CT molecular complexity index is 312. The summed E-state index contributed by atoms with van der Waals surface area (Å²) in [6.07, 6.45) is 6.19. The Balaban J connectivity index is 2.05. The molecule has 1 aromatic carbocycles. The first kappa shape index (κ1) is 12.0. The number of hydrogen-bond donors (Lipinski definition) is 1. The summed E-state index contributed by atoms with van der Waals surface area (Å²) >= 11 is 2.01. The molecule has 0 amide bonds. The quantitative estimate of drug-likeness (QED) is 0.863. The topological polar surface area (TPSA) is 12.0 Å². The summed E-state index contributed by atoms with van der Waals surface area (Å²) in [7, 11) is 2.09. The zero-order valence-electron chi connectivity index (χ0n) is 10.1. The van der Waals surface area contributed by atoms with Gasteiger partial charge in [-0.2, -0.15) is 11.8 Å². The van der Waals surface area contributed by atoms with Gasteiger partial charge in [-0.25, -0.2) is 0 Å². The molecule has 3 unspecified atom stereocenters. The maximum Gasteiger partial charge on any atom is 0.0204 e. The van der Waals surface area contributed by atoms with E-state index >= 15 is 0 Å². The van der Waals surface area contributed by atoms with E-state index in [1.807, 2.05) is 11.8 Å². The van der Waals surface area contributed by atoms with Gasteiger partial charge < -0.3 is 5.32 Å². The van der Waals surface area contributed by atoms with Crippen molar-refractivity contribution in [3.63, 3.8) is 0 Å². The summed E-state index contributed by atoms with van der Waals surface area (Å²) in [6, 6.07) is 11.7.